The minimum Gasteiger partial charge on any atom is -0.380 e. The average molecular weight is 157 g/mol. The minimum atomic E-state index is 0.241. The molecule has 11 heavy (non-hydrogen) atoms. The predicted octanol–water partition coefficient (Wildman–Crippen LogP) is 1.56. The first-order valence-corrected chi connectivity index (χ1v) is 4.60. The van der Waals surface area contributed by atoms with Gasteiger partial charge in [0.1, 0.15) is 0 Å². The Balaban J connectivity index is 2.38. The molecular formula is C9H19NO. The first-order chi connectivity index (χ1) is 5.27. The van der Waals surface area contributed by atoms with E-state index in [9.17, 15) is 0 Å². The van der Waals surface area contributed by atoms with Crippen molar-refractivity contribution in [2.75, 3.05) is 19.8 Å². The molecule has 1 heterocycles. The zero-order valence-electron chi connectivity index (χ0n) is 7.65. The number of hydrogen-bond donors (Lipinski definition) is 1. The van der Waals surface area contributed by atoms with Crippen LogP contribution < -0.4 is 5.32 Å². The van der Waals surface area contributed by atoms with Crippen molar-refractivity contribution in [2.24, 2.45) is 0 Å². The fraction of sp³-hybridized carbons (Fsp3) is 1.00. The van der Waals surface area contributed by atoms with Crippen molar-refractivity contribution >= 4 is 0 Å². The number of ether oxygens (including phenoxy) is 1. The number of likely N-dealkylation sites (N-methyl/N-ethyl adjacent to an activating group) is 1. The number of rotatable bonds is 2. The summed E-state index contributed by atoms with van der Waals surface area (Å²) >= 11 is 0. The van der Waals surface area contributed by atoms with E-state index in [2.05, 4.69) is 19.2 Å². The predicted molar refractivity (Wildman–Crippen MR) is 46.8 cm³/mol. The molecule has 0 aromatic heterocycles. The summed E-state index contributed by atoms with van der Waals surface area (Å²) in [6.07, 6.45) is 3.77. The molecule has 0 bridgehead atoms. The second-order valence-corrected chi connectivity index (χ2v) is 3.60. The molecule has 1 rings (SSSR count). The molecule has 1 aliphatic heterocycles. The van der Waals surface area contributed by atoms with E-state index in [1.807, 2.05) is 0 Å². The highest BCUT2D eigenvalue weighted by Crippen LogP contribution is 2.17. The van der Waals surface area contributed by atoms with E-state index >= 15 is 0 Å². The van der Waals surface area contributed by atoms with Gasteiger partial charge in [0.05, 0.1) is 6.61 Å². The summed E-state index contributed by atoms with van der Waals surface area (Å²) in [4.78, 5) is 0. The highest BCUT2D eigenvalue weighted by Gasteiger charge is 2.24. The summed E-state index contributed by atoms with van der Waals surface area (Å²) in [5.41, 5.74) is 0.241. The lowest BCUT2D eigenvalue weighted by molar-refractivity contribution is 0.0929. The van der Waals surface area contributed by atoms with Crippen LogP contribution in [0.2, 0.25) is 0 Å². The molecule has 2 nitrogen and oxygen atoms in total. The Morgan fingerprint density at radius 3 is 3.00 bits per heavy atom. The molecule has 0 aromatic carbocycles. The maximum Gasteiger partial charge on any atom is 0.0645 e. The summed E-state index contributed by atoms with van der Waals surface area (Å²) in [5, 5.41) is 3.48. The van der Waals surface area contributed by atoms with Gasteiger partial charge in [-0.05, 0) is 32.7 Å². The van der Waals surface area contributed by atoms with Gasteiger partial charge in [0.15, 0.2) is 0 Å². The van der Waals surface area contributed by atoms with Crippen LogP contribution in [0.3, 0.4) is 0 Å². The summed E-state index contributed by atoms with van der Waals surface area (Å²) < 4.78 is 5.50. The van der Waals surface area contributed by atoms with Crippen LogP contribution in [0.15, 0.2) is 0 Å². The van der Waals surface area contributed by atoms with Crippen molar-refractivity contribution in [3.63, 3.8) is 0 Å². The van der Waals surface area contributed by atoms with Crippen molar-refractivity contribution < 1.29 is 4.74 Å². The molecule has 1 atom stereocenters. The second kappa shape index (κ2) is 4.07. The van der Waals surface area contributed by atoms with E-state index in [0.29, 0.717) is 0 Å². The van der Waals surface area contributed by atoms with Crippen LogP contribution in [-0.2, 0) is 4.74 Å². The van der Waals surface area contributed by atoms with Crippen molar-refractivity contribution in [1.29, 1.82) is 0 Å². The quantitative estimate of drug-likeness (QED) is 0.656. The molecule has 0 aromatic rings. The Morgan fingerprint density at radius 2 is 2.27 bits per heavy atom. The molecule has 0 amide bonds. The Bertz CT molecular complexity index is 106. The van der Waals surface area contributed by atoms with Crippen molar-refractivity contribution in [3.05, 3.63) is 0 Å². The summed E-state index contributed by atoms with van der Waals surface area (Å²) in [6.45, 7) is 7.26. The van der Waals surface area contributed by atoms with Crippen LogP contribution in [0.5, 0.6) is 0 Å². The molecule has 1 fully saturated rings. The molecule has 1 N–H and O–H groups in total. The van der Waals surface area contributed by atoms with Gasteiger partial charge >= 0.3 is 0 Å². The molecular weight excluding hydrogens is 138 g/mol. The molecule has 1 saturated heterocycles. The molecule has 0 unspecified atom stereocenters. The van der Waals surface area contributed by atoms with Gasteiger partial charge in [0, 0.05) is 12.1 Å². The fourth-order valence-electron chi connectivity index (χ4n) is 1.66. The molecule has 0 spiro atoms. The Hall–Kier alpha value is -0.0800. The minimum absolute atomic E-state index is 0.241. The fourth-order valence-corrected chi connectivity index (χ4v) is 1.66. The van der Waals surface area contributed by atoms with Crippen molar-refractivity contribution in [3.8, 4) is 0 Å². The molecule has 66 valence electrons. The number of nitrogens with one attached hydrogen (secondary N) is 1. The molecule has 1 aliphatic rings. The van der Waals surface area contributed by atoms with Gasteiger partial charge in [-0.3, -0.25) is 0 Å². The van der Waals surface area contributed by atoms with Gasteiger partial charge in [0.25, 0.3) is 0 Å². The lowest BCUT2D eigenvalue weighted by atomic mass is 9.97. The monoisotopic (exact) mass is 157 g/mol. The van der Waals surface area contributed by atoms with Crippen LogP contribution in [0.25, 0.3) is 0 Å². The van der Waals surface area contributed by atoms with Crippen LogP contribution in [-0.4, -0.2) is 25.3 Å². The zero-order chi connectivity index (χ0) is 8.16. The van der Waals surface area contributed by atoms with Gasteiger partial charge in [-0.2, -0.15) is 0 Å². The van der Waals surface area contributed by atoms with Gasteiger partial charge in [-0.25, -0.2) is 0 Å². The molecule has 2 heteroatoms. The van der Waals surface area contributed by atoms with E-state index in [-0.39, 0.29) is 5.54 Å². The number of hydrogen-bond acceptors (Lipinski definition) is 2. The lowest BCUT2D eigenvalue weighted by Crippen LogP contribution is -2.45. The van der Waals surface area contributed by atoms with Crippen LogP contribution in [0.1, 0.15) is 33.1 Å². The SMILES string of the molecule is CCN[C@@]1(C)CCCCOC1. The van der Waals surface area contributed by atoms with E-state index < -0.39 is 0 Å². The Morgan fingerprint density at radius 1 is 1.45 bits per heavy atom. The topological polar surface area (TPSA) is 21.3 Å². The Kier molecular flexibility index (Phi) is 3.34. The van der Waals surface area contributed by atoms with Crippen molar-refractivity contribution in [1.82, 2.24) is 5.32 Å². The maximum absolute atomic E-state index is 5.50. The summed E-state index contributed by atoms with van der Waals surface area (Å²) in [6, 6.07) is 0. The molecule has 0 aliphatic carbocycles. The van der Waals surface area contributed by atoms with Gasteiger partial charge in [-0.1, -0.05) is 6.92 Å². The van der Waals surface area contributed by atoms with Gasteiger partial charge in [0.2, 0.25) is 0 Å². The van der Waals surface area contributed by atoms with Crippen LogP contribution in [0, 0.1) is 0 Å². The van der Waals surface area contributed by atoms with Gasteiger partial charge in [-0.15, -0.1) is 0 Å². The van der Waals surface area contributed by atoms with E-state index in [4.69, 9.17) is 4.74 Å². The third-order valence-corrected chi connectivity index (χ3v) is 2.29. The lowest BCUT2D eigenvalue weighted by Gasteiger charge is -2.28. The van der Waals surface area contributed by atoms with Crippen molar-refractivity contribution in [2.45, 2.75) is 38.6 Å². The summed E-state index contributed by atoms with van der Waals surface area (Å²) in [7, 11) is 0. The highest BCUT2D eigenvalue weighted by atomic mass is 16.5. The van der Waals surface area contributed by atoms with Gasteiger partial charge < -0.3 is 10.1 Å². The zero-order valence-corrected chi connectivity index (χ0v) is 7.65. The van der Waals surface area contributed by atoms with E-state index in [0.717, 1.165) is 19.8 Å². The second-order valence-electron chi connectivity index (χ2n) is 3.60. The normalized spacial score (nSPS) is 33.3. The molecule has 0 saturated carbocycles. The standard InChI is InChI=1S/C9H19NO/c1-3-10-9(2)6-4-5-7-11-8-9/h10H,3-8H2,1-2H3/t9-/m0/s1. The maximum atomic E-state index is 5.50. The summed E-state index contributed by atoms with van der Waals surface area (Å²) in [5.74, 6) is 0. The van der Waals surface area contributed by atoms with E-state index in [1.165, 1.54) is 19.3 Å². The highest BCUT2D eigenvalue weighted by molar-refractivity contribution is 4.83. The third-order valence-electron chi connectivity index (χ3n) is 2.29. The van der Waals surface area contributed by atoms with E-state index in [1.54, 1.807) is 0 Å². The largest absolute Gasteiger partial charge is 0.380 e. The average Bonchev–Trinajstić information content (AvgIpc) is 2.15. The smallest absolute Gasteiger partial charge is 0.0645 e. The Labute approximate surface area is 69.3 Å². The van der Waals surface area contributed by atoms with Crippen LogP contribution >= 0.6 is 0 Å². The third kappa shape index (κ3) is 2.80. The molecule has 0 radical (unpaired) electrons. The first-order valence-electron chi connectivity index (χ1n) is 4.60. The first kappa shape index (κ1) is 9.01. The van der Waals surface area contributed by atoms with Crippen LogP contribution in [0.4, 0.5) is 0 Å².